The Labute approximate surface area is 99.7 Å². The van der Waals surface area contributed by atoms with E-state index in [9.17, 15) is 5.11 Å². The van der Waals surface area contributed by atoms with Crippen molar-refractivity contribution in [1.29, 1.82) is 0 Å². The SMILES string of the molecule is CC(C)CC(O)CNc1nccn2cnnc12. The smallest absolute Gasteiger partial charge is 0.203 e. The molecule has 2 heterocycles. The molecule has 2 rings (SSSR count). The van der Waals surface area contributed by atoms with Crippen molar-refractivity contribution in [2.75, 3.05) is 11.9 Å². The summed E-state index contributed by atoms with van der Waals surface area (Å²) in [6, 6.07) is 0. The number of nitrogens with zero attached hydrogens (tertiary/aromatic N) is 4. The first-order valence-electron chi connectivity index (χ1n) is 5.73. The quantitative estimate of drug-likeness (QED) is 0.806. The van der Waals surface area contributed by atoms with Crippen molar-refractivity contribution >= 4 is 11.5 Å². The molecule has 2 aromatic rings. The molecule has 0 amide bonds. The summed E-state index contributed by atoms with van der Waals surface area (Å²) in [5, 5.41) is 20.6. The number of aromatic nitrogens is 4. The van der Waals surface area contributed by atoms with Gasteiger partial charge in [0.1, 0.15) is 6.33 Å². The van der Waals surface area contributed by atoms with E-state index < -0.39 is 0 Å². The first-order valence-corrected chi connectivity index (χ1v) is 5.73. The van der Waals surface area contributed by atoms with Gasteiger partial charge in [-0.25, -0.2) is 4.98 Å². The zero-order valence-corrected chi connectivity index (χ0v) is 10.0. The second kappa shape index (κ2) is 5.09. The average molecular weight is 235 g/mol. The summed E-state index contributed by atoms with van der Waals surface area (Å²) in [6.07, 6.45) is 5.47. The van der Waals surface area contributed by atoms with Crippen molar-refractivity contribution in [3.63, 3.8) is 0 Å². The maximum Gasteiger partial charge on any atom is 0.203 e. The van der Waals surface area contributed by atoms with E-state index in [-0.39, 0.29) is 6.10 Å². The molecule has 6 nitrogen and oxygen atoms in total. The molecule has 0 aliphatic heterocycles. The van der Waals surface area contributed by atoms with Crippen molar-refractivity contribution in [2.45, 2.75) is 26.4 Å². The monoisotopic (exact) mass is 235 g/mol. The number of aliphatic hydroxyl groups is 1. The van der Waals surface area contributed by atoms with Gasteiger partial charge < -0.3 is 10.4 Å². The minimum atomic E-state index is -0.375. The van der Waals surface area contributed by atoms with Crippen LogP contribution in [0, 0.1) is 5.92 Å². The van der Waals surface area contributed by atoms with Crippen LogP contribution in [0.4, 0.5) is 5.82 Å². The third kappa shape index (κ3) is 2.91. The van der Waals surface area contributed by atoms with Crippen LogP contribution in [0.15, 0.2) is 18.7 Å². The molecule has 0 aliphatic rings. The Hall–Kier alpha value is -1.69. The molecule has 0 fully saturated rings. The van der Waals surface area contributed by atoms with E-state index in [1.54, 1.807) is 23.1 Å². The van der Waals surface area contributed by atoms with Gasteiger partial charge in [0.25, 0.3) is 0 Å². The molecule has 1 atom stereocenters. The largest absolute Gasteiger partial charge is 0.391 e. The van der Waals surface area contributed by atoms with Gasteiger partial charge in [0.15, 0.2) is 5.82 Å². The maximum atomic E-state index is 9.77. The molecule has 0 radical (unpaired) electrons. The third-order valence-corrected chi connectivity index (χ3v) is 2.46. The molecule has 92 valence electrons. The van der Waals surface area contributed by atoms with Gasteiger partial charge in [-0.05, 0) is 12.3 Å². The van der Waals surface area contributed by atoms with Crippen LogP contribution in [-0.2, 0) is 0 Å². The van der Waals surface area contributed by atoms with Gasteiger partial charge in [0.2, 0.25) is 5.65 Å². The number of nitrogens with one attached hydrogen (secondary N) is 1. The van der Waals surface area contributed by atoms with Crippen LogP contribution in [0.1, 0.15) is 20.3 Å². The van der Waals surface area contributed by atoms with E-state index in [4.69, 9.17) is 0 Å². The zero-order chi connectivity index (χ0) is 12.3. The maximum absolute atomic E-state index is 9.77. The van der Waals surface area contributed by atoms with Gasteiger partial charge in [-0.3, -0.25) is 4.40 Å². The van der Waals surface area contributed by atoms with E-state index >= 15 is 0 Å². The fraction of sp³-hybridized carbons (Fsp3) is 0.545. The Morgan fingerprint density at radius 3 is 3.06 bits per heavy atom. The Bertz CT molecular complexity index is 481. The predicted molar refractivity (Wildman–Crippen MR) is 64.7 cm³/mol. The summed E-state index contributed by atoms with van der Waals surface area (Å²) >= 11 is 0. The van der Waals surface area contributed by atoms with Crippen molar-refractivity contribution in [1.82, 2.24) is 19.6 Å². The van der Waals surface area contributed by atoms with Gasteiger partial charge in [-0.15, -0.1) is 10.2 Å². The van der Waals surface area contributed by atoms with Crippen LogP contribution in [-0.4, -0.2) is 37.3 Å². The number of hydrogen-bond acceptors (Lipinski definition) is 5. The average Bonchev–Trinajstić information content (AvgIpc) is 2.73. The third-order valence-electron chi connectivity index (χ3n) is 2.46. The van der Waals surface area contributed by atoms with E-state index in [1.165, 1.54) is 0 Å². The minimum absolute atomic E-state index is 0.375. The molecule has 17 heavy (non-hydrogen) atoms. The molecular formula is C11H17N5O. The molecule has 0 saturated carbocycles. The molecule has 2 N–H and O–H groups in total. The summed E-state index contributed by atoms with van der Waals surface area (Å²) in [6.45, 7) is 4.64. The van der Waals surface area contributed by atoms with Crippen LogP contribution in [0.2, 0.25) is 0 Å². The Balaban J connectivity index is 2.01. The number of aliphatic hydroxyl groups excluding tert-OH is 1. The van der Waals surface area contributed by atoms with Crippen LogP contribution in [0.3, 0.4) is 0 Å². The Kier molecular flexibility index (Phi) is 3.53. The normalized spacial score (nSPS) is 13.2. The van der Waals surface area contributed by atoms with E-state index in [2.05, 4.69) is 34.3 Å². The second-order valence-corrected chi connectivity index (χ2v) is 4.50. The van der Waals surface area contributed by atoms with Gasteiger partial charge in [-0.1, -0.05) is 13.8 Å². The molecule has 1 unspecified atom stereocenters. The summed E-state index contributed by atoms with van der Waals surface area (Å²) in [4.78, 5) is 4.18. The van der Waals surface area contributed by atoms with E-state index in [0.717, 1.165) is 6.42 Å². The highest BCUT2D eigenvalue weighted by molar-refractivity contribution is 5.61. The number of rotatable bonds is 5. The first-order chi connectivity index (χ1) is 8.16. The summed E-state index contributed by atoms with van der Waals surface area (Å²) in [7, 11) is 0. The highest BCUT2D eigenvalue weighted by atomic mass is 16.3. The van der Waals surface area contributed by atoms with Crippen molar-refractivity contribution < 1.29 is 5.11 Å². The van der Waals surface area contributed by atoms with Gasteiger partial charge >= 0.3 is 0 Å². The first kappa shape index (κ1) is 11.8. The topological polar surface area (TPSA) is 75.3 Å². The van der Waals surface area contributed by atoms with Gasteiger partial charge in [0.05, 0.1) is 6.10 Å². The fourth-order valence-electron chi connectivity index (χ4n) is 1.73. The van der Waals surface area contributed by atoms with Crippen molar-refractivity contribution in [3.8, 4) is 0 Å². The van der Waals surface area contributed by atoms with Crippen LogP contribution >= 0.6 is 0 Å². The molecule has 0 aliphatic carbocycles. The highest BCUT2D eigenvalue weighted by Gasteiger charge is 2.09. The van der Waals surface area contributed by atoms with Crippen LogP contribution < -0.4 is 5.32 Å². The van der Waals surface area contributed by atoms with Gasteiger partial charge in [0, 0.05) is 18.9 Å². The van der Waals surface area contributed by atoms with Crippen molar-refractivity contribution in [2.24, 2.45) is 5.92 Å². The molecule has 6 heteroatoms. The van der Waals surface area contributed by atoms with Crippen LogP contribution in [0.5, 0.6) is 0 Å². The lowest BCUT2D eigenvalue weighted by atomic mass is 10.1. The van der Waals surface area contributed by atoms with E-state index in [1.807, 2.05) is 0 Å². The standard InChI is InChI=1S/C11H17N5O/c1-8(2)5-9(17)6-13-10-11-15-14-7-16(11)4-3-12-10/h3-4,7-9,17H,5-6H2,1-2H3,(H,12,13). The lowest BCUT2D eigenvalue weighted by Crippen LogP contribution is -2.22. The zero-order valence-electron chi connectivity index (χ0n) is 10.0. The van der Waals surface area contributed by atoms with E-state index in [0.29, 0.717) is 23.9 Å². The van der Waals surface area contributed by atoms with Crippen molar-refractivity contribution in [3.05, 3.63) is 18.7 Å². The van der Waals surface area contributed by atoms with Crippen LogP contribution in [0.25, 0.3) is 5.65 Å². The molecule has 0 saturated heterocycles. The second-order valence-electron chi connectivity index (χ2n) is 4.50. The lowest BCUT2D eigenvalue weighted by molar-refractivity contribution is 0.161. The molecule has 0 bridgehead atoms. The highest BCUT2D eigenvalue weighted by Crippen LogP contribution is 2.11. The summed E-state index contributed by atoms with van der Waals surface area (Å²) in [5.74, 6) is 1.12. The molecule has 0 aromatic carbocycles. The lowest BCUT2D eigenvalue weighted by Gasteiger charge is -2.14. The molecular weight excluding hydrogens is 218 g/mol. The number of anilines is 1. The predicted octanol–water partition coefficient (Wildman–Crippen LogP) is 0.943. The fourth-order valence-corrected chi connectivity index (χ4v) is 1.73. The number of fused-ring (bicyclic) bond motifs is 1. The Morgan fingerprint density at radius 1 is 1.47 bits per heavy atom. The van der Waals surface area contributed by atoms with Gasteiger partial charge in [-0.2, -0.15) is 0 Å². The number of hydrogen-bond donors (Lipinski definition) is 2. The summed E-state index contributed by atoms with van der Waals surface area (Å²) < 4.78 is 1.78. The molecule has 0 spiro atoms. The molecule has 2 aromatic heterocycles. The summed E-state index contributed by atoms with van der Waals surface area (Å²) in [5.41, 5.74) is 0.671. The minimum Gasteiger partial charge on any atom is -0.391 e. The Morgan fingerprint density at radius 2 is 2.29 bits per heavy atom.